The highest BCUT2D eigenvalue weighted by atomic mass is 16.3. The molecule has 0 bridgehead atoms. The van der Waals surface area contributed by atoms with E-state index in [4.69, 9.17) is 4.42 Å². The molecule has 5 nitrogen and oxygen atoms in total. The normalized spacial score (nSPS) is 10.4. The van der Waals surface area contributed by atoms with E-state index in [9.17, 15) is 4.79 Å². The van der Waals surface area contributed by atoms with Crippen molar-refractivity contribution in [1.29, 1.82) is 0 Å². The summed E-state index contributed by atoms with van der Waals surface area (Å²) in [6, 6.07) is 3.78. The van der Waals surface area contributed by atoms with Gasteiger partial charge in [-0.25, -0.2) is 9.97 Å². The molecular weight excluding hydrogens is 230 g/mol. The zero-order chi connectivity index (χ0) is 13.1. The zero-order valence-electron chi connectivity index (χ0n) is 10.7. The summed E-state index contributed by atoms with van der Waals surface area (Å²) >= 11 is 0. The number of aromatic nitrogens is 2. The van der Waals surface area contributed by atoms with Crippen LogP contribution < -0.4 is 4.90 Å². The number of ketones is 1. The first-order chi connectivity index (χ1) is 8.56. The van der Waals surface area contributed by atoms with E-state index in [1.54, 1.807) is 24.3 Å². The SMILES string of the molecule is CC(=O)CN(C)c1ncc(-c2ccc(C)o2)cn1. The standard InChI is InChI=1S/C13H15N3O2/c1-9(17)8-16(3)13-14-6-11(7-15-13)12-5-4-10(2)18-12/h4-7H,8H2,1-3H3. The number of likely N-dealkylation sites (N-methyl/N-ethyl adjacent to an activating group) is 1. The van der Waals surface area contributed by atoms with E-state index in [0.717, 1.165) is 17.1 Å². The quantitative estimate of drug-likeness (QED) is 0.825. The zero-order valence-corrected chi connectivity index (χ0v) is 10.7. The van der Waals surface area contributed by atoms with Gasteiger partial charge in [0, 0.05) is 19.4 Å². The third-order valence-electron chi connectivity index (χ3n) is 2.46. The van der Waals surface area contributed by atoms with E-state index in [1.807, 2.05) is 19.1 Å². The topological polar surface area (TPSA) is 59.2 Å². The molecule has 0 unspecified atom stereocenters. The lowest BCUT2D eigenvalue weighted by molar-refractivity contribution is -0.115. The lowest BCUT2D eigenvalue weighted by Crippen LogP contribution is -2.25. The van der Waals surface area contributed by atoms with Gasteiger partial charge in [-0.3, -0.25) is 4.79 Å². The number of Topliss-reactive ketones (excluding diaryl/α,β-unsaturated/α-hetero) is 1. The van der Waals surface area contributed by atoms with Crippen LogP contribution in [0.25, 0.3) is 11.3 Å². The number of anilines is 1. The molecule has 0 aliphatic carbocycles. The van der Waals surface area contributed by atoms with Gasteiger partial charge in [0.1, 0.15) is 17.3 Å². The molecular formula is C13H15N3O2. The second-order valence-corrected chi connectivity index (χ2v) is 4.24. The lowest BCUT2D eigenvalue weighted by atomic mass is 10.3. The molecule has 18 heavy (non-hydrogen) atoms. The number of furan rings is 1. The minimum Gasteiger partial charge on any atom is -0.461 e. The number of rotatable bonds is 4. The van der Waals surface area contributed by atoms with Crippen molar-refractivity contribution >= 4 is 11.7 Å². The third kappa shape index (κ3) is 2.74. The van der Waals surface area contributed by atoms with Gasteiger partial charge in [-0.2, -0.15) is 0 Å². The molecule has 0 fully saturated rings. The van der Waals surface area contributed by atoms with Crippen molar-refractivity contribution < 1.29 is 9.21 Å². The fraction of sp³-hybridized carbons (Fsp3) is 0.308. The Balaban J connectivity index is 2.17. The van der Waals surface area contributed by atoms with Crippen LogP contribution in [-0.2, 0) is 4.79 Å². The van der Waals surface area contributed by atoms with E-state index in [0.29, 0.717) is 12.5 Å². The largest absolute Gasteiger partial charge is 0.461 e. The molecule has 0 spiro atoms. The third-order valence-corrected chi connectivity index (χ3v) is 2.46. The Morgan fingerprint density at radius 3 is 2.50 bits per heavy atom. The summed E-state index contributed by atoms with van der Waals surface area (Å²) < 4.78 is 5.49. The van der Waals surface area contributed by atoms with E-state index in [-0.39, 0.29) is 5.78 Å². The smallest absolute Gasteiger partial charge is 0.225 e. The molecule has 0 radical (unpaired) electrons. The number of aryl methyl sites for hydroxylation is 1. The second-order valence-electron chi connectivity index (χ2n) is 4.24. The molecule has 2 heterocycles. The van der Waals surface area contributed by atoms with Crippen LogP contribution in [0, 0.1) is 6.92 Å². The fourth-order valence-electron chi connectivity index (χ4n) is 1.64. The molecule has 2 aromatic heterocycles. The van der Waals surface area contributed by atoms with Crippen molar-refractivity contribution in [2.45, 2.75) is 13.8 Å². The van der Waals surface area contributed by atoms with Gasteiger partial charge in [0.2, 0.25) is 5.95 Å². The van der Waals surface area contributed by atoms with Crippen LogP contribution in [0.3, 0.4) is 0 Å². The highest BCUT2D eigenvalue weighted by Crippen LogP contribution is 2.21. The van der Waals surface area contributed by atoms with Crippen molar-refractivity contribution in [2.75, 3.05) is 18.5 Å². The molecule has 0 aromatic carbocycles. The monoisotopic (exact) mass is 245 g/mol. The number of hydrogen-bond acceptors (Lipinski definition) is 5. The summed E-state index contributed by atoms with van der Waals surface area (Å²) in [5.74, 6) is 2.19. The van der Waals surface area contributed by atoms with Gasteiger partial charge in [-0.1, -0.05) is 0 Å². The summed E-state index contributed by atoms with van der Waals surface area (Å²) in [6.07, 6.45) is 3.38. The van der Waals surface area contributed by atoms with E-state index in [1.165, 1.54) is 6.92 Å². The average molecular weight is 245 g/mol. The first-order valence-corrected chi connectivity index (χ1v) is 5.65. The van der Waals surface area contributed by atoms with Gasteiger partial charge in [0.15, 0.2) is 0 Å². The van der Waals surface area contributed by atoms with Crippen LogP contribution in [0.1, 0.15) is 12.7 Å². The number of carbonyl (C=O) groups is 1. The van der Waals surface area contributed by atoms with E-state index < -0.39 is 0 Å². The summed E-state index contributed by atoms with van der Waals surface area (Å²) in [5.41, 5.74) is 0.822. The van der Waals surface area contributed by atoms with Crippen LogP contribution in [0.4, 0.5) is 5.95 Å². The predicted molar refractivity (Wildman–Crippen MR) is 68.4 cm³/mol. The Bertz CT molecular complexity index is 546. The summed E-state index contributed by atoms with van der Waals surface area (Å²) in [4.78, 5) is 21.2. The number of nitrogens with zero attached hydrogens (tertiary/aromatic N) is 3. The highest BCUT2D eigenvalue weighted by Gasteiger charge is 2.08. The molecule has 0 saturated carbocycles. The van der Waals surface area contributed by atoms with Gasteiger partial charge in [-0.15, -0.1) is 0 Å². The number of hydrogen-bond donors (Lipinski definition) is 0. The van der Waals surface area contributed by atoms with Gasteiger partial charge in [-0.05, 0) is 26.0 Å². The Kier molecular flexibility index (Phi) is 3.41. The molecule has 0 atom stereocenters. The van der Waals surface area contributed by atoms with Gasteiger partial charge >= 0.3 is 0 Å². The molecule has 2 aromatic rings. The van der Waals surface area contributed by atoms with Gasteiger partial charge in [0.05, 0.1) is 12.1 Å². The van der Waals surface area contributed by atoms with Crippen LogP contribution in [0.2, 0.25) is 0 Å². The Hall–Kier alpha value is -2.17. The molecule has 94 valence electrons. The maximum atomic E-state index is 11.0. The van der Waals surface area contributed by atoms with E-state index >= 15 is 0 Å². The maximum absolute atomic E-state index is 11.0. The molecule has 0 aliphatic rings. The molecule has 0 saturated heterocycles. The second kappa shape index (κ2) is 5.00. The number of carbonyl (C=O) groups excluding carboxylic acids is 1. The predicted octanol–water partition coefficient (Wildman–Crippen LogP) is 2.07. The van der Waals surface area contributed by atoms with Crippen LogP contribution >= 0.6 is 0 Å². The van der Waals surface area contributed by atoms with Crippen molar-refractivity contribution in [2.24, 2.45) is 0 Å². The summed E-state index contributed by atoms with van der Waals surface area (Å²) in [7, 11) is 1.79. The highest BCUT2D eigenvalue weighted by molar-refractivity contribution is 5.80. The first-order valence-electron chi connectivity index (χ1n) is 5.65. The molecule has 0 amide bonds. The molecule has 5 heteroatoms. The van der Waals surface area contributed by atoms with Crippen LogP contribution in [0.5, 0.6) is 0 Å². The Labute approximate surface area is 105 Å². The summed E-state index contributed by atoms with van der Waals surface area (Å²) in [5, 5.41) is 0. The van der Waals surface area contributed by atoms with Gasteiger partial charge in [0.25, 0.3) is 0 Å². The Morgan fingerprint density at radius 1 is 1.33 bits per heavy atom. The average Bonchev–Trinajstić information content (AvgIpc) is 2.75. The minimum atomic E-state index is 0.0758. The van der Waals surface area contributed by atoms with Crippen LogP contribution in [0.15, 0.2) is 28.9 Å². The maximum Gasteiger partial charge on any atom is 0.225 e. The van der Waals surface area contributed by atoms with Crippen LogP contribution in [-0.4, -0.2) is 29.3 Å². The molecule has 0 aliphatic heterocycles. The fourth-order valence-corrected chi connectivity index (χ4v) is 1.64. The van der Waals surface area contributed by atoms with Gasteiger partial charge < -0.3 is 9.32 Å². The first kappa shape index (κ1) is 12.3. The lowest BCUT2D eigenvalue weighted by Gasteiger charge is -2.14. The summed E-state index contributed by atoms with van der Waals surface area (Å²) in [6.45, 7) is 3.73. The van der Waals surface area contributed by atoms with Crippen molar-refractivity contribution in [3.05, 3.63) is 30.3 Å². The van der Waals surface area contributed by atoms with E-state index in [2.05, 4.69) is 9.97 Å². The molecule has 0 N–H and O–H groups in total. The van der Waals surface area contributed by atoms with Crippen molar-refractivity contribution in [3.63, 3.8) is 0 Å². The molecule has 2 rings (SSSR count). The Morgan fingerprint density at radius 2 is 2.00 bits per heavy atom. The van der Waals surface area contributed by atoms with Crippen molar-refractivity contribution in [1.82, 2.24) is 9.97 Å². The minimum absolute atomic E-state index is 0.0758. The van der Waals surface area contributed by atoms with Crippen molar-refractivity contribution in [3.8, 4) is 11.3 Å².